The summed E-state index contributed by atoms with van der Waals surface area (Å²) >= 11 is 3.85. The molecule has 0 aromatic carbocycles. The number of hydrogen-bond donors (Lipinski definition) is 2. The van der Waals surface area contributed by atoms with Crippen LogP contribution in [0.4, 0.5) is 0 Å². The molecule has 0 aromatic rings. The Morgan fingerprint density at radius 2 is 2.07 bits per heavy atom. The molecule has 0 aliphatic heterocycles. The van der Waals surface area contributed by atoms with Gasteiger partial charge in [0.15, 0.2) is 0 Å². The van der Waals surface area contributed by atoms with Crippen LogP contribution in [0, 0.1) is 10.1 Å². The van der Waals surface area contributed by atoms with E-state index in [2.05, 4.69) is 22.8 Å². The summed E-state index contributed by atoms with van der Waals surface area (Å²) in [5.74, 6) is 0.0719. The van der Waals surface area contributed by atoms with Crippen molar-refractivity contribution in [3.8, 4) is 0 Å². The van der Waals surface area contributed by atoms with Crippen molar-refractivity contribution in [1.29, 1.82) is 0 Å². The third kappa shape index (κ3) is 4.37. The number of carbonyl (C=O) groups is 1. The molecule has 15 heavy (non-hydrogen) atoms. The molecule has 0 radical (unpaired) electrons. The molecule has 0 spiro atoms. The first-order valence-corrected chi connectivity index (χ1v) is 5.46. The highest BCUT2D eigenvalue weighted by molar-refractivity contribution is 7.81. The molecular formula is C8H14N2O4S. The van der Waals surface area contributed by atoms with Crippen molar-refractivity contribution in [1.82, 2.24) is 5.32 Å². The maximum atomic E-state index is 11.0. The molecule has 1 fully saturated rings. The number of thiol groups is 1. The molecule has 6 nitrogen and oxygen atoms in total. The molecule has 0 saturated heterocycles. The van der Waals surface area contributed by atoms with Crippen LogP contribution in [0.1, 0.15) is 25.7 Å². The molecule has 0 unspecified atom stereocenters. The van der Waals surface area contributed by atoms with Crippen molar-refractivity contribution >= 4 is 18.5 Å². The topological polar surface area (TPSA) is 81.5 Å². The van der Waals surface area contributed by atoms with Gasteiger partial charge in [0.1, 0.15) is 6.10 Å². The van der Waals surface area contributed by atoms with Crippen LogP contribution in [0.2, 0.25) is 0 Å². The van der Waals surface area contributed by atoms with Gasteiger partial charge in [-0.15, -0.1) is 10.1 Å². The van der Waals surface area contributed by atoms with Crippen LogP contribution in [0.5, 0.6) is 0 Å². The van der Waals surface area contributed by atoms with Gasteiger partial charge >= 0.3 is 0 Å². The normalized spacial score (nSPS) is 25.7. The van der Waals surface area contributed by atoms with Gasteiger partial charge in [0.05, 0.1) is 5.75 Å². The third-order valence-corrected chi connectivity index (χ3v) is 2.71. The zero-order valence-electron chi connectivity index (χ0n) is 8.22. The van der Waals surface area contributed by atoms with Gasteiger partial charge in [-0.25, -0.2) is 0 Å². The molecule has 86 valence electrons. The van der Waals surface area contributed by atoms with E-state index in [-0.39, 0.29) is 23.8 Å². The Labute approximate surface area is 92.9 Å². The Balaban J connectivity index is 2.23. The van der Waals surface area contributed by atoms with Gasteiger partial charge < -0.3 is 10.2 Å². The number of nitrogens with zero attached hydrogens (tertiary/aromatic N) is 1. The van der Waals surface area contributed by atoms with E-state index in [4.69, 9.17) is 0 Å². The first kappa shape index (κ1) is 12.1. The minimum atomic E-state index is -0.753. The van der Waals surface area contributed by atoms with Crippen molar-refractivity contribution < 1.29 is 14.7 Å². The summed E-state index contributed by atoms with van der Waals surface area (Å²) in [7, 11) is 0. The standard InChI is InChI=1S/C8H14N2O4S/c11-8(5-15)9-6-1-3-7(4-2-6)14-10(12)13/h6-7,15H,1-5H2,(H,9,11). The van der Waals surface area contributed by atoms with Crippen LogP contribution in [-0.4, -0.2) is 28.9 Å². The Morgan fingerprint density at radius 3 is 2.53 bits per heavy atom. The molecule has 0 bridgehead atoms. The lowest BCUT2D eigenvalue weighted by Crippen LogP contribution is -2.40. The first-order valence-electron chi connectivity index (χ1n) is 4.83. The maximum absolute atomic E-state index is 11.0. The second-order valence-electron chi connectivity index (χ2n) is 3.53. The SMILES string of the molecule is O=C(CS)NC1CCC(O[N+](=O)[O-])CC1. The van der Waals surface area contributed by atoms with E-state index in [1.807, 2.05) is 0 Å². The lowest BCUT2D eigenvalue weighted by atomic mass is 9.93. The van der Waals surface area contributed by atoms with E-state index in [1.165, 1.54) is 0 Å². The summed E-state index contributed by atoms with van der Waals surface area (Å²) in [5.41, 5.74) is 0. The summed E-state index contributed by atoms with van der Waals surface area (Å²) < 4.78 is 0. The smallest absolute Gasteiger partial charge is 0.294 e. The third-order valence-electron chi connectivity index (χ3n) is 2.42. The molecule has 0 aromatic heterocycles. The highest BCUT2D eigenvalue weighted by atomic mass is 32.1. The van der Waals surface area contributed by atoms with Crippen LogP contribution in [-0.2, 0) is 9.63 Å². The largest absolute Gasteiger partial charge is 0.353 e. The van der Waals surface area contributed by atoms with Crippen molar-refractivity contribution in [2.24, 2.45) is 0 Å². The first-order chi connectivity index (χ1) is 7.11. The molecule has 7 heteroatoms. The van der Waals surface area contributed by atoms with Gasteiger partial charge in [0.2, 0.25) is 5.91 Å². The van der Waals surface area contributed by atoms with Crippen molar-refractivity contribution in [3.05, 3.63) is 10.1 Å². The summed E-state index contributed by atoms with van der Waals surface area (Å²) in [4.78, 5) is 25.6. The molecule has 1 aliphatic carbocycles. The fourth-order valence-corrected chi connectivity index (χ4v) is 1.80. The molecule has 1 aliphatic rings. The zero-order valence-corrected chi connectivity index (χ0v) is 9.11. The number of hydrogen-bond acceptors (Lipinski definition) is 5. The van der Waals surface area contributed by atoms with E-state index in [1.54, 1.807) is 0 Å². The molecular weight excluding hydrogens is 220 g/mol. The van der Waals surface area contributed by atoms with Crippen molar-refractivity contribution in [2.45, 2.75) is 37.8 Å². The predicted molar refractivity (Wildman–Crippen MR) is 56.1 cm³/mol. The zero-order chi connectivity index (χ0) is 11.3. The molecule has 1 amide bonds. The predicted octanol–water partition coefficient (Wildman–Crippen LogP) is 0.552. The average Bonchev–Trinajstić information content (AvgIpc) is 2.20. The molecule has 0 heterocycles. The number of rotatable bonds is 4. The minimum absolute atomic E-state index is 0.100. The fraction of sp³-hybridized carbons (Fsp3) is 0.875. The number of amides is 1. The van der Waals surface area contributed by atoms with E-state index in [9.17, 15) is 14.9 Å². The Morgan fingerprint density at radius 1 is 1.47 bits per heavy atom. The lowest BCUT2D eigenvalue weighted by Gasteiger charge is -2.27. The molecule has 1 saturated carbocycles. The van der Waals surface area contributed by atoms with Crippen LogP contribution in [0.25, 0.3) is 0 Å². The quantitative estimate of drug-likeness (QED) is 0.423. The highest BCUT2D eigenvalue weighted by Crippen LogP contribution is 2.21. The Bertz CT molecular complexity index is 241. The van der Waals surface area contributed by atoms with Crippen LogP contribution in [0.3, 0.4) is 0 Å². The van der Waals surface area contributed by atoms with Gasteiger partial charge in [-0.3, -0.25) is 4.79 Å². The minimum Gasteiger partial charge on any atom is -0.353 e. The summed E-state index contributed by atoms with van der Waals surface area (Å²) in [6.07, 6.45) is 2.34. The van der Waals surface area contributed by atoms with E-state index in [0.29, 0.717) is 12.8 Å². The van der Waals surface area contributed by atoms with Gasteiger partial charge in [-0.1, -0.05) is 0 Å². The van der Waals surface area contributed by atoms with Gasteiger partial charge in [-0.2, -0.15) is 12.6 Å². The Kier molecular flexibility index (Phi) is 4.67. The highest BCUT2D eigenvalue weighted by Gasteiger charge is 2.24. The summed E-state index contributed by atoms with van der Waals surface area (Å²) in [5, 5.41) is 12.1. The molecule has 0 atom stereocenters. The molecule has 1 rings (SSSR count). The fourth-order valence-electron chi connectivity index (χ4n) is 1.71. The average molecular weight is 234 g/mol. The van der Waals surface area contributed by atoms with E-state index < -0.39 is 5.09 Å². The second kappa shape index (κ2) is 5.79. The monoisotopic (exact) mass is 234 g/mol. The van der Waals surface area contributed by atoms with E-state index >= 15 is 0 Å². The van der Waals surface area contributed by atoms with Gasteiger partial charge in [0.25, 0.3) is 5.09 Å². The van der Waals surface area contributed by atoms with Gasteiger partial charge in [-0.05, 0) is 25.7 Å². The number of carbonyl (C=O) groups excluding carboxylic acids is 1. The van der Waals surface area contributed by atoms with Crippen LogP contribution < -0.4 is 5.32 Å². The van der Waals surface area contributed by atoms with Crippen LogP contribution in [0.15, 0.2) is 0 Å². The lowest BCUT2D eigenvalue weighted by molar-refractivity contribution is -0.769. The van der Waals surface area contributed by atoms with Crippen LogP contribution >= 0.6 is 12.6 Å². The van der Waals surface area contributed by atoms with Crippen molar-refractivity contribution in [3.63, 3.8) is 0 Å². The second-order valence-corrected chi connectivity index (χ2v) is 3.84. The number of nitrogens with one attached hydrogen (secondary N) is 1. The molecule has 1 N–H and O–H groups in total. The van der Waals surface area contributed by atoms with Gasteiger partial charge in [0, 0.05) is 6.04 Å². The van der Waals surface area contributed by atoms with Crippen molar-refractivity contribution in [2.75, 3.05) is 5.75 Å². The van der Waals surface area contributed by atoms with E-state index in [0.717, 1.165) is 12.8 Å². The summed E-state index contributed by atoms with van der Waals surface area (Å²) in [6, 6.07) is 0.108. The Hall–Kier alpha value is -0.980. The maximum Gasteiger partial charge on any atom is 0.294 e. The summed E-state index contributed by atoms with van der Waals surface area (Å²) in [6.45, 7) is 0.